The molecule has 1 aromatic carbocycles. The van der Waals surface area contributed by atoms with Crippen molar-refractivity contribution < 1.29 is 4.79 Å². The molecule has 130 valence electrons. The normalized spacial score (nSPS) is 19.7. The zero-order chi connectivity index (χ0) is 17.2. The smallest absolute Gasteiger partial charge is 0.228 e. The van der Waals surface area contributed by atoms with Gasteiger partial charge in [-0.3, -0.25) is 9.69 Å². The minimum Gasteiger partial charge on any atom is -0.353 e. The zero-order valence-electron chi connectivity index (χ0n) is 14.5. The van der Waals surface area contributed by atoms with Crippen molar-refractivity contribution in [2.24, 2.45) is 0 Å². The maximum Gasteiger partial charge on any atom is 0.228 e. The number of hydrogen-bond acceptors (Lipinski definition) is 5. The molecule has 0 unspecified atom stereocenters. The molecule has 0 aliphatic carbocycles. The van der Waals surface area contributed by atoms with Gasteiger partial charge in [-0.2, -0.15) is 0 Å². The number of amides is 1. The zero-order valence-corrected chi connectivity index (χ0v) is 14.5. The number of carbonyl (C=O) groups excluding carboxylic acids is 1. The summed E-state index contributed by atoms with van der Waals surface area (Å²) in [5.41, 5.74) is 3.46. The van der Waals surface area contributed by atoms with Crippen LogP contribution in [0.15, 0.2) is 30.5 Å². The number of hydrogen-bond donors (Lipinski definition) is 2. The van der Waals surface area contributed by atoms with Crippen LogP contribution in [0.2, 0.25) is 0 Å². The fourth-order valence-corrected chi connectivity index (χ4v) is 3.77. The molecule has 3 heterocycles. The Hall–Kier alpha value is -2.47. The number of para-hydroxylation sites is 1. The van der Waals surface area contributed by atoms with Crippen molar-refractivity contribution in [3.8, 4) is 11.3 Å². The minimum atomic E-state index is -0.0277. The maximum absolute atomic E-state index is 12.1. The molecule has 0 bridgehead atoms. The van der Waals surface area contributed by atoms with E-state index in [1.54, 1.807) is 6.20 Å². The quantitative estimate of drug-likeness (QED) is 0.897. The third-order valence-corrected chi connectivity index (χ3v) is 5.07. The standard InChI is InChI=1S/C19H23N5O/c1-2-24-9-5-6-14(24)12-21-19-20-11-13-10-17(25)22-16-8-4-3-7-15(16)18(13)23-19/h3-4,7-8,11,14H,2,5-6,9-10,12H2,1H3,(H,22,25)(H,20,21,23)/t14-/m0/s1. The van der Waals surface area contributed by atoms with E-state index in [4.69, 9.17) is 4.98 Å². The van der Waals surface area contributed by atoms with E-state index in [2.05, 4.69) is 27.4 Å². The average Bonchev–Trinajstić information content (AvgIpc) is 3.03. The Kier molecular flexibility index (Phi) is 4.36. The summed E-state index contributed by atoms with van der Waals surface area (Å²) in [5.74, 6) is 0.603. The topological polar surface area (TPSA) is 70.2 Å². The Labute approximate surface area is 147 Å². The van der Waals surface area contributed by atoms with Crippen LogP contribution in [0.5, 0.6) is 0 Å². The van der Waals surface area contributed by atoms with Crippen molar-refractivity contribution in [2.75, 3.05) is 30.3 Å². The number of nitrogens with one attached hydrogen (secondary N) is 2. The summed E-state index contributed by atoms with van der Waals surface area (Å²) in [6, 6.07) is 8.33. The fourth-order valence-electron chi connectivity index (χ4n) is 3.77. The molecule has 6 heteroatoms. The molecule has 1 fully saturated rings. The third-order valence-electron chi connectivity index (χ3n) is 5.07. The number of rotatable bonds is 4. The van der Waals surface area contributed by atoms with Crippen molar-refractivity contribution in [3.63, 3.8) is 0 Å². The van der Waals surface area contributed by atoms with Gasteiger partial charge >= 0.3 is 0 Å². The van der Waals surface area contributed by atoms with Gasteiger partial charge in [0.1, 0.15) is 0 Å². The SMILES string of the molecule is CCN1CCC[C@H]1CNc1ncc2c(n1)-c1ccccc1NC(=O)C2. The van der Waals surface area contributed by atoms with Crippen LogP contribution in [0.4, 0.5) is 11.6 Å². The Morgan fingerprint density at radius 3 is 3.12 bits per heavy atom. The monoisotopic (exact) mass is 337 g/mol. The van der Waals surface area contributed by atoms with E-state index >= 15 is 0 Å². The highest BCUT2D eigenvalue weighted by molar-refractivity contribution is 5.99. The summed E-state index contributed by atoms with van der Waals surface area (Å²) in [6.45, 7) is 5.32. The van der Waals surface area contributed by atoms with Gasteiger partial charge in [0.2, 0.25) is 11.9 Å². The molecule has 2 aromatic rings. The first-order chi connectivity index (χ1) is 12.2. The van der Waals surface area contributed by atoms with Crippen LogP contribution in [-0.4, -0.2) is 46.5 Å². The average molecular weight is 337 g/mol. The molecule has 25 heavy (non-hydrogen) atoms. The van der Waals surface area contributed by atoms with Crippen LogP contribution >= 0.6 is 0 Å². The molecule has 0 saturated carbocycles. The van der Waals surface area contributed by atoms with Gasteiger partial charge < -0.3 is 10.6 Å². The number of likely N-dealkylation sites (tertiary alicyclic amines) is 1. The highest BCUT2D eigenvalue weighted by Gasteiger charge is 2.24. The van der Waals surface area contributed by atoms with Crippen LogP contribution in [-0.2, 0) is 11.2 Å². The molecule has 4 rings (SSSR count). The molecule has 0 spiro atoms. The lowest BCUT2D eigenvalue weighted by molar-refractivity contribution is -0.115. The first kappa shape index (κ1) is 16.0. The van der Waals surface area contributed by atoms with Gasteiger partial charge in [0.25, 0.3) is 0 Å². The Morgan fingerprint density at radius 2 is 2.24 bits per heavy atom. The molecular weight excluding hydrogens is 314 g/mol. The number of likely N-dealkylation sites (N-methyl/N-ethyl adjacent to an activating group) is 1. The van der Waals surface area contributed by atoms with Crippen LogP contribution in [0.3, 0.4) is 0 Å². The molecular formula is C19H23N5O. The molecule has 2 N–H and O–H groups in total. The second kappa shape index (κ2) is 6.80. The largest absolute Gasteiger partial charge is 0.353 e. The summed E-state index contributed by atoms with van der Waals surface area (Å²) in [6.07, 6.45) is 4.55. The van der Waals surface area contributed by atoms with Crippen molar-refractivity contribution in [1.29, 1.82) is 0 Å². The first-order valence-electron chi connectivity index (χ1n) is 8.97. The summed E-state index contributed by atoms with van der Waals surface area (Å²) in [7, 11) is 0. The van der Waals surface area contributed by atoms with Crippen LogP contribution in [0, 0.1) is 0 Å². The van der Waals surface area contributed by atoms with Crippen LogP contribution < -0.4 is 10.6 Å². The lowest BCUT2D eigenvalue weighted by Gasteiger charge is -2.23. The van der Waals surface area contributed by atoms with Crippen molar-refractivity contribution in [1.82, 2.24) is 14.9 Å². The second-order valence-electron chi connectivity index (χ2n) is 6.64. The lowest BCUT2D eigenvalue weighted by Crippen LogP contribution is -2.34. The molecule has 0 radical (unpaired) electrons. The molecule has 6 nitrogen and oxygen atoms in total. The van der Waals surface area contributed by atoms with E-state index in [0.29, 0.717) is 18.4 Å². The molecule has 2 aliphatic heterocycles. The van der Waals surface area contributed by atoms with Gasteiger partial charge in [0.15, 0.2) is 0 Å². The minimum absolute atomic E-state index is 0.0277. The van der Waals surface area contributed by atoms with Crippen molar-refractivity contribution >= 4 is 17.5 Å². The summed E-state index contributed by atoms with van der Waals surface area (Å²) < 4.78 is 0. The maximum atomic E-state index is 12.1. The molecule has 1 amide bonds. The first-order valence-corrected chi connectivity index (χ1v) is 8.97. The van der Waals surface area contributed by atoms with Crippen LogP contribution in [0.25, 0.3) is 11.3 Å². The summed E-state index contributed by atoms with van der Waals surface area (Å²) in [5, 5.41) is 6.34. The molecule has 2 aliphatic rings. The summed E-state index contributed by atoms with van der Waals surface area (Å²) in [4.78, 5) is 23.7. The third kappa shape index (κ3) is 3.22. The number of carbonyl (C=O) groups is 1. The molecule has 1 saturated heterocycles. The van der Waals surface area contributed by atoms with Gasteiger partial charge in [0, 0.05) is 29.9 Å². The van der Waals surface area contributed by atoms with E-state index in [1.807, 2.05) is 24.3 Å². The number of benzene rings is 1. The van der Waals surface area contributed by atoms with Crippen molar-refractivity contribution in [2.45, 2.75) is 32.2 Å². The van der Waals surface area contributed by atoms with E-state index < -0.39 is 0 Å². The van der Waals surface area contributed by atoms with Gasteiger partial charge in [0.05, 0.1) is 17.8 Å². The molecule has 1 aromatic heterocycles. The van der Waals surface area contributed by atoms with Gasteiger partial charge in [-0.25, -0.2) is 9.97 Å². The van der Waals surface area contributed by atoms with Gasteiger partial charge in [-0.05, 0) is 32.0 Å². The van der Waals surface area contributed by atoms with Gasteiger partial charge in [-0.1, -0.05) is 25.1 Å². The van der Waals surface area contributed by atoms with E-state index in [-0.39, 0.29) is 5.91 Å². The number of aromatic nitrogens is 2. The van der Waals surface area contributed by atoms with E-state index in [0.717, 1.165) is 35.6 Å². The number of anilines is 2. The Morgan fingerprint density at radius 1 is 1.36 bits per heavy atom. The Balaban J connectivity index is 1.60. The predicted octanol–water partition coefficient (Wildman–Crippen LogP) is 2.53. The number of fused-ring (bicyclic) bond motifs is 3. The summed E-state index contributed by atoms with van der Waals surface area (Å²) >= 11 is 0. The highest BCUT2D eigenvalue weighted by Crippen LogP contribution is 2.32. The van der Waals surface area contributed by atoms with Gasteiger partial charge in [-0.15, -0.1) is 0 Å². The number of nitrogens with zero attached hydrogens (tertiary/aromatic N) is 3. The van der Waals surface area contributed by atoms with E-state index in [1.165, 1.54) is 19.4 Å². The fraction of sp³-hybridized carbons (Fsp3) is 0.421. The van der Waals surface area contributed by atoms with Crippen LogP contribution in [0.1, 0.15) is 25.3 Å². The highest BCUT2D eigenvalue weighted by atomic mass is 16.1. The van der Waals surface area contributed by atoms with E-state index in [9.17, 15) is 4.79 Å². The predicted molar refractivity (Wildman–Crippen MR) is 98.6 cm³/mol. The lowest BCUT2D eigenvalue weighted by atomic mass is 10.1. The Bertz CT molecular complexity index is 791. The van der Waals surface area contributed by atoms with Crippen molar-refractivity contribution in [3.05, 3.63) is 36.0 Å². The second-order valence-corrected chi connectivity index (χ2v) is 6.64. The molecule has 1 atom stereocenters.